The fraction of sp³-hybridized carbons (Fsp3) is 0.182. The number of hydrogen-bond acceptors (Lipinski definition) is 4. The maximum absolute atomic E-state index is 11.6. The summed E-state index contributed by atoms with van der Waals surface area (Å²) in [5, 5.41) is 0.535. The Hall–Kier alpha value is -1.81. The van der Waals surface area contributed by atoms with Gasteiger partial charge < -0.3 is 14.9 Å². The van der Waals surface area contributed by atoms with Crippen molar-refractivity contribution in [1.82, 2.24) is 0 Å². The molecular formula is C11H11NO3. The van der Waals surface area contributed by atoms with Crippen molar-refractivity contribution < 1.29 is 9.15 Å². The SMILES string of the molecule is COc1ccc2c(=O)cc(CN)oc2c1. The highest BCUT2D eigenvalue weighted by atomic mass is 16.5. The van der Waals surface area contributed by atoms with E-state index in [-0.39, 0.29) is 12.0 Å². The zero-order valence-electron chi connectivity index (χ0n) is 8.32. The van der Waals surface area contributed by atoms with Crippen molar-refractivity contribution >= 4 is 11.0 Å². The Balaban J connectivity index is 2.75. The topological polar surface area (TPSA) is 65.5 Å². The molecule has 0 bridgehead atoms. The number of fused-ring (bicyclic) bond motifs is 1. The minimum absolute atomic E-state index is 0.0839. The standard InChI is InChI=1S/C11H11NO3/c1-14-7-2-3-9-10(13)4-8(6-12)15-11(9)5-7/h2-5H,6,12H2,1H3. The van der Waals surface area contributed by atoms with Crippen LogP contribution in [0.5, 0.6) is 5.75 Å². The van der Waals surface area contributed by atoms with Gasteiger partial charge in [-0.05, 0) is 12.1 Å². The van der Waals surface area contributed by atoms with E-state index in [9.17, 15) is 4.79 Å². The van der Waals surface area contributed by atoms with Gasteiger partial charge in [0.05, 0.1) is 19.0 Å². The van der Waals surface area contributed by atoms with E-state index in [4.69, 9.17) is 14.9 Å². The van der Waals surface area contributed by atoms with E-state index in [2.05, 4.69) is 0 Å². The molecule has 0 aliphatic carbocycles. The predicted molar refractivity (Wildman–Crippen MR) is 56.9 cm³/mol. The summed E-state index contributed by atoms with van der Waals surface area (Å²) in [7, 11) is 1.56. The molecule has 4 heteroatoms. The molecule has 1 aromatic carbocycles. The molecule has 1 aromatic heterocycles. The van der Waals surface area contributed by atoms with Crippen molar-refractivity contribution in [3.63, 3.8) is 0 Å². The van der Waals surface area contributed by atoms with E-state index < -0.39 is 0 Å². The van der Waals surface area contributed by atoms with Gasteiger partial charge in [-0.1, -0.05) is 0 Å². The molecule has 0 saturated carbocycles. The van der Waals surface area contributed by atoms with Crippen molar-refractivity contribution in [1.29, 1.82) is 0 Å². The van der Waals surface area contributed by atoms with Crippen LogP contribution in [0, 0.1) is 0 Å². The van der Waals surface area contributed by atoms with Crippen LogP contribution in [0.15, 0.2) is 33.5 Å². The molecule has 2 rings (SSSR count). The van der Waals surface area contributed by atoms with Gasteiger partial charge in [-0.2, -0.15) is 0 Å². The molecule has 0 radical (unpaired) electrons. The van der Waals surface area contributed by atoms with Crippen molar-refractivity contribution in [2.24, 2.45) is 5.73 Å². The third-order valence-corrected chi connectivity index (χ3v) is 2.19. The average Bonchev–Trinajstić information content (AvgIpc) is 2.28. The Bertz CT molecular complexity index is 540. The zero-order chi connectivity index (χ0) is 10.8. The second-order valence-corrected chi connectivity index (χ2v) is 3.14. The number of nitrogens with two attached hydrogens (primary N) is 1. The van der Waals surface area contributed by atoms with Crippen LogP contribution in [0.4, 0.5) is 0 Å². The lowest BCUT2D eigenvalue weighted by molar-refractivity contribution is 0.414. The second kappa shape index (κ2) is 3.74. The van der Waals surface area contributed by atoms with Crippen molar-refractivity contribution in [3.8, 4) is 5.75 Å². The number of benzene rings is 1. The third kappa shape index (κ3) is 1.71. The first-order chi connectivity index (χ1) is 7.24. The highest BCUT2D eigenvalue weighted by Gasteiger charge is 2.04. The summed E-state index contributed by atoms with van der Waals surface area (Å²) in [5.41, 5.74) is 5.83. The Morgan fingerprint density at radius 3 is 2.87 bits per heavy atom. The quantitative estimate of drug-likeness (QED) is 0.801. The van der Waals surface area contributed by atoms with Gasteiger partial charge in [0.15, 0.2) is 5.43 Å². The first-order valence-corrected chi connectivity index (χ1v) is 4.55. The smallest absolute Gasteiger partial charge is 0.193 e. The lowest BCUT2D eigenvalue weighted by Crippen LogP contribution is -2.05. The number of hydrogen-bond donors (Lipinski definition) is 1. The Labute approximate surface area is 86.3 Å². The van der Waals surface area contributed by atoms with Gasteiger partial charge in [0, 0.05) is 12.1 Å². The molecule has 78 valence electrons. The Morgan fingerprint density at radius 1 is 1.40 bits per heavy atom. The minimum atomic E-state index is -0.0839. The number of rotatable bonds is 2. The van der Waals surface area contributed by atoms with E-state index in [1.165, 1.54) is 6.07 Å². The highest BCUT2D eigenvalue weighted by Crippen LogP contribution is 2.18. The summed E-state index contributed by atoms with van der Waals surface area (Å²) >= 11 is 0. The molecule has 2 aromatic rings. The minimum Gasteiger partial charge on any atom is -0.497 e. The average molecular weight is 205 g/mol. The number of methoxy groups -OCH3 is 1. The lowest BCUT2D eigenvalue weighted by atomic mass is 10.2. The van der Waals surface area contributed by atoms with Gasteiger partial charge in [-0.25, -0.2) is 0 Å². The van der Waals surface area contributed by atoms with Crippen molar-refractivity contribution in [2.75, 3.05) is 7.11 Å². The zero-order valence-corrected chi connectivity index (χ0v) is 8.32. The Kier molecular flexibility index (Phi) is 2.43. The van der Waals surface area contributed by atoms with Crippen LogP contribution in [-0.4, -0.2) is 7.11 Å². The van der Waals surface area contributed by atoms with Crippen LogP contribution in [0.25, 0.3) is 11.0 Å². The van der Waals surface area contributed by atoms with Gasteiger partial charge in [0.1, 0.15) is 17.1 Å². The van der Waals surface area contributed by atoms with Gasteiger partial charge in [-0.15, -0.1) is 0 Å². The van der Waals surface area contributed by atoms with Crippen molar-refractivity contribution in [2.45, 2.75) is 6.54 Å². The normalized spacial score (nSPS) is 10.5. The molecule has 1 heterocycles. The fourth-order valence-corrected chi connectivity index (χ4v) is 1.41. The van der Waals surface area contributed by atoms with Crippen molar-refractivity contribution in [3.05, 3.63) is 40.2 Å². The van der Waals surface area contributed by atoms with Gasteiger partial charge in [0.2, 0.25) is 0 Å². The summed E-state index contributed by atoms with van der Waals surface area (Å²) in [5.74, 6) is 1.13. The van der Waals surface area contributed by atoms with E-state index in [1.54, 1.807) is 25.3 Å². The molecule has 0 unspecified atom stereocenters. The monoisotopic (exact) mass is 205 g/mol. The lowest BCUT2D eigenvalue weighted by Gasteiger charge is -2.02. The summed E-state index contributed by atoms with van der Waals surface area (Å²) in [6, 6.07) is 6.49. The molecule has 0 aliphatic rings. The highest BCUT2D eigenvalue weighted by molar-refractivity contribution is 5.77. The maximum atomic E-state index is 11.6. The van der Waals surface area contributed by atoms with Crippen LogP contribution in [0.2, 0.25) is 0 Å². The fourth-order valence-electron chi connectivity index (χ4n) is 1.41. The van der Waals surface area contributed by atoms with Crippen LogP contribution in [0.1, 0.15) is 5.76 Å². The summed E-state index contributed by atoms with van der Waals surface area (Å²) in [6.07, 6.45) is 0. The molecule has 0 amide bonds. The summed E-state index contributed by atoms with van der Waals surface area (Å²) < 4.78 is 10.5. The van der Waals surface area contributed by atoms with Gasteiger partial charge in [-0.3, -0.25) is 4.79 Å². The van der Waals surface area contributed by atoms with Crippen LogP contribution in [-0.2, 0) is 6.54 Å². The Morgan fingerprint density at radius 2 is 2.20 bits per heavy atom. The van der Waals surface area contributed by atoms with E-state index in [0.29, 0.717) is 22.5 Å². The third-order valence-electron chi connectivity index (χ3n) is 2.19. The van der Waals surface area contributed by atoms with Gasteiger partial charge in [0.25, 0.3) is 0 Å². The maximum Gasteiger partial charge on any atom is 0.193 e. The van der Waals surface area contributed by atoms with E-state index in [0.717, 1.165) is 0 Å². The van der Waals surface area contributed by atoms with Gasteiger partial charge >= 0.3 is 0 Å². The first kappa shape index (κ1) is 9.73. The molecule has 15 heavy (non-hydrogen) atoms. The number of ether oxygens (including phenoxy) is 1. The van der Waals surface area contributed by atoms with E-state index in [1.807, 2.05) is 0 Å². The van der Waals surface area contributed by atoms with Crippen LogP contribution in [0.3, 0.4) is 0 Å². The molecule has 2 N–H and O–H groups in total. The second-order valence-electron chi connectivity index (χ2n) is 3.14. The molecular weight excluding hydrogens is 194 g/mol. The largest absolute Gasteiger partial charge is 0.497 e. The van der Waals surface area contributed by atoms with E-state index >= 15 is 0 Å². The molecule has 0 saturated heterocycles. The van der Waals surface area contributed by atoms with Crippen LogP contribution < -0.4 is 15.9 Å². The molecule has 4 nitrogen and oxygen atoms in total. The molecule has 0 fully saturated rings. The summed E-state index contributed by atoms with van der Waals surface area (Å²) in [4.78, 5) is 11.6. The first-order valence-electron chi connectivity index (χ1n) is 4.55. The summed E-state index contributed by atoms with van der Waals surface area (Å²) in [6.45, 7) is 0.211. The molecule has 0 aliphatic heterocycles. The van der Waals surface area contributed by atoms with Crippen LogP contribution >= 0.6 is 0 Å². The predicted octanol–water partition coefficient (Wildman–Crippen LogP) is 1.26. The molecule has 0 atom stereocenters. The molecule has 0 spiro atoms.